The van der Waals surface area contributed by atoms with Crippen molar-refractivity contribution >= 4 is 29.9 Å². The van der Waals surface area contributed by atoms with Crippen LogP contribution in [0.15, 0.2) is 15.6 Å². The summed E-state index contributed by atoms with van der Waals surface area (Å²) in [5.41, 5.74) is 0.895. The number of hydrogen-bond donors (Lipinski definition) is 2. The van der Waals surface area contributed by atoms with Gasteiger partial charge in [0.05, 0.1) is 12.2 Å². The van der Waals surface area contributed by atoms with E-state index in [4.69, 9.17) is 4.52 Å². The van der Waals surface area contributed by atoms with Gasteiger partial charge in [0, 0.05) is 38.3 Å². The summed E-state index contributed by atoms with van der Waals surface area (Å²) < 4.78 is 5.20. The van der Waals surface area contributed by atoms with Gasteiger partial charge in [-0.3, -0.25) is 9.89 Å². The van der Waals surface area contributed by atoms with Crippen LogP contribution in [-0.2, 0) is 6.54 Å². The van der Waals surface area contributed by atoms with Crippen molar-refractivity contribution in [3.63, 3.8) is 0 Å². The van der Waals surface area contributed by atoms with Crippen LogP contribution in [0.25, 0.3) is 0 Å². The third-order valence-corrected chi connectivity index (χ3v) is 4.02. The number of guanidine groups is 1. The summed E-state index contributed by atoms with van der Waals surface area (Å²) in [6, 6.07) is 2.94. The van der Waals surface area contributed by atoms with Crippen LogP contribution < -0.4 is 10.6 Å². The van der Waals surface area contributed by atoms with E-state index in [1.165, 1.54) is 0 Å². The van der Waals surface area contributed by atoms with Crippen LogP contribution in [0.3, 0.4) is 0 Å². The molecule has 2 rings (SSSR count). The standard InChI is InChI=1S/C15H27N5O.HI/c1-10(2)20-8-11(3)14(9-20)18-15(16-5)17-7-13-6-12(4)19-21-13;/h6,10-11,14H,7-9H2,1-5H3,(H2,16,17,18);1H. The molecule has 0 saturated carbocycles. The maximum atomic E-state index is 5.20. The van der Waals surface area contributed by atoms with Crippen LogP contribution in [0.1, 0.15) is 32.2 Å². The zero-order valence-electron chi connectivity index (χ0n) is 14.1. The van der Waals surface area contributed by atoms with Gasteiger partial charge in [-0.05, 0) is 26.7 Å². The van der Waals surface area contributed by atoms with Crippen molar-refractivity contribution in [2.45, 2.75) is 46.3 Å². The second kappa shape index (κ2) is 8.71. The Labute approximate surface area is 150 Å². The van der Waals surface area contributed by atoms with Gasteiger partial charge in [0.25, 0.3) is 0 Å². The molecule has 6 nitrogen and oxygen atoms in total. The molecule has 7 heteroatoms. The molecule has 0 aliphatic carbocycles. The fourth-order valence-electron chi connectivity index (χ4n) is 2.65. The van der Waals surface area contributed by atoms with Crippen molar-refractivity contribution < 1.29 is 4.52 Å². The summed E-state index contributed by atoms with van der Waals surface area (Å²) in [6.45, 7) is 11.5. The van der Waals surface area contributed by atoms with Gasteiger partial charge in [-0.1, -0.05) is 12.1 Å². The highest BCUT2D eigenvalue weighted by Crippen LogP contribution is 2.18. The zero-order valence-corrected chi connectivity index (χ0v) is 16.4. The van der Waals surface area contributed by atoms with E-state index in [0.717, 1.165) is 30.5 Å². The van der Waals surface area contributed by atoms with Gasteiger partial charge in [0.2, 0.25) is 0 Å². The van der Waals surface area contributed by atoms with Crippen molar-refractivity contribution in [1.82, 2.24) is 20.7 Å². The molecule has 1 aliphatic heterocycles. The number of nitrogens with zero attached hydrogens (tertiary/aromatic N) is 3. The molecule has 0 spiro atoms. The largest absolute Gasteiger partial charge is 0.359 e. The van der Waals surface area contributed by atoms with Gasteiger partial charge < -0.3 is 15.2 Å². The third kappa shape index (κ3) is 5.12. The molecule has 1 aliphatic rings. The molecule has 0 amide bonds. The lowest BCUT2D eigenvalue weighted by atomic mass is 10.1. The lowest BCUT2D eigenvalue weighted by Gasteiger charge is -2.21. The molecule has 0 radical (unpaired) electrons. The molecule has 1 saturated heterocycles. The van der Waals surface area contributed by atoms with E-state index in [-0.39, 0.29) is 24.0 Å². The fraction of sp³-hybridized carbons (Fsp3) is 0.733. The smallest absolute Gasteiger partial charge is 0.191 e. The van der Waals surface area contributed by atoms with E-state index in [0.29, 0.717) is 24.5 Å². The average Bonchev–Trinajstić information content (AvgIpc) is 3.01. The highest BCUT2D eigenvalue weighted by atomic mass is 127. The van der Waals surface area contributed by atoms with Gasteiger partial charge in [-0.2, -0.15) is 0 Å². The van der Waals surface area contributed by atoms with Crippen LogP contribution >= 0.6 is 24.0 Å². The van der Waals surface area contributed by atoms with Crippen molar-refractivity contribution in [3.05, 3.63) is 17.5 Å². The van der Waals surface area contributed by atoms with E-state index in [1.54, 1.807) is 7.05 Å². The van der Waals surface area contributed by atoms with E-state index < -0.39 is 0 Å². The monoisotopic (exact) mass is 421 g/mol. The first-order valence-electron chi connectivity index (χ1n) is 7.63. The molecule has 22 heavy (non-hydrogen) atoms. The molecule has 0 aromatic carbocycles. The topological polar surface area (TPSA) is 65.7 Å². The van der Waals surface area contributed by atoms with Gasteiger partial charge >= 0.3 is 0 Å². The minimum absolute atomic E-state index is 0. The van der Waals surface area contributed by atoms with Crippen LogP contribution in [0.4, 0.5) is 0 Å². The second-order valence-electron chi connectivity index (χ2n) is 6.14. The van der Waals surface area contributed by atoms with Gasteiger partial charge in [0.1, 0.15) is 0 Å². The predicted octanol–water partition coefficient (Wildman–Crippen LogP) is 1.99. The number of nitrogens with one attached hydrogen (secondary N) is 2. The Morgan fingerprint density at radius 3 is 2.73 bits per heavy atom. The van der Waals surface area contributed by atoms with Crippen molar-refractivity contribution in [2.24, 2.45) is 10.9 Å². The number of halogens is 1. The predicted molar refractivity (Wildman–Crippen MR) is 99.7 cm³/mol. The first-order chi connectivity index (χ1) is 9.99. The summed E-state index contributed by atoms with van der Waals surface area (Å²) >= 11 is 0. The average molecular weight is 421 g/mol. The van der Waals surface area contributed by atoms with Crippen LogP contribution in [0, 0.1) is 12.8 Å². The number of aliphatic imine (C=N–C) groups is 1. The summed E-state index contributed by atoms with van der Waals surface area (Å²) in [4.78, 5) is 6.79. The zero-order chi connectivity index (χ0) is 15.4. The SMILES string of the molecule is CN=C(NCc1cc(C)no1)NC1CN(C(C)C)CC1C.I. The minimum atomic E-state index is 0. The first kappa shape index (κ1) is 19.2. The number of aromatic nitrogens is 1. The summed E-state index contributed by atoms with van der Waals surface area (Å²) in [5, 5.41) is 10.7. The Balaban J connectivity index is 0.00000242. The summed E-state index contributed by atoms with van der Waals surface area (Å²) in [5.74, 6) is 2.24. The van der Waals surface area contributed by atoms with Gasteiger partial charge in [-0.25, -0.2) is 0 Å². The summed E-state index contributed by atoms with van der Waals surface area (Å²) in [7, 11) is 1.79. The maximum absolute atomic E-state index is 5.20. The van der Waals surface area contributed by atoms with Gasteiger partial charge in [0.15, 0.2) is 11.7 Å². The van der Waals surface area contributed by atoms with E-state index in [9.17, 15) is 0 Å². The molecular formula is C15H28IN5O. The normalized spacial score (nSPS) is 22.7. The number of rotatable bonds is 4. The first-order valence-corrected chi connectivity index (χ1v) is 7.63. The quantitative estimate of drug-likeness (QED) is 0.442. The molecule has 2 unspecified atom stereocenters. The molecule has 126 valence electrons. The molecule has 1 aromatic heterocycles. The van der Waals surface area contributed by atoms with E-state index in [1.807, 2.05) is 13.0 Å². The Morgan fingerprint density at radius 2 is 2.23 bits per heavy atom. The molecule has 0 bridgehead atoms. The van der Waals surface area contributed by atoms with Crippen LogP contribution in [0.2, 0.25) is 0 Å². The molecule has 2 atom stereocenters. The van der Waals surface area contributed by atoms with Crippen molar-refractivity contribution in [1.29, 1.82) is 0 Å². The lowest BCUT2D eigenvalue weighted by Crippen LogP contribution is -2.46. The second-order valence-corrected chi connectivity index (χ2v) is 6.14. The minimum Gasteiger partial charge on any atom is -0.359 e. The Kier molecular flexibility index (Phi) is 7.61. The number of aryl methyl sites for hydroxylation is 1. The third-order valence-electron chi connectivity index (χ3n) is 4.02. The molecule has 2 heterocycles. The van der Waals surface area contributed by atoms with E-state index in [2.05, 4.69) is 46.5 Å². The fourth-order valence-corrected chi connectivity index (χ4v) is 2.65. The Bertz CT molecular complexity index is 488. The van der Waals surface area contributed by atoms with Crippen LogP contribution in [-0.4, -0.2) is 48.2 Å². The number of hydrogen-bond acceptors (Lipinski definition) is 4. The van der Waals surface area contributed by atoms with Crippen molar-refractivity contribution in [3.8, 4) is 0 Å². The molecule has 1 fully saturated rings. The highest BCUT2D eigenvalue weighted by Gasteiger charge is 2.31. The maximum Gasteiger partial charge on any atom is 0.191 e. The Morgan fingerprint density at radius 1 is 1.50 bits per heavy atom. The Hall–Kier alpha value is -0.830. The number of likely N-dealkylation sites (tertiary alicyclic amines) is 1. The van der Waals surface area contributed by atoms with E-state index >= 15 is 0 Å². The molecule has 1 aromatic rings. The lowest BCUT2D eigenvalue weighted by molar-refractivity contribution is 0.265. The van der Waals surface area contributed by atoms with Crippen molar-refractivity contribution in [2.75, 3.05) is 20.1 Å². The highest BCUT2D eigenvalue weighted by molar-refractivity contribution is 14.0. The summed E-state index contributed by atoms with van der Waals surface area (Å²) in [6.07, 6.45) is 0. The molecule has 2 N–H and O–H groups in total. The van der Waals surface area contributed by atoms with Gasteiger partial charge in [-0.15, -0.1) is 24.0 Å². The van der Waals surface area contributed by atoms with Crippen LogP contribution in [0.5, 0.6) is 0 Å². The molecular weight excluding hydrogens is 393 g/mol.